The highest BCUT2D eigenvalue weighted by Crippen LogP contribution is 2.31. The van der Waals surface area contributed by atoms with Crippen LogP contribution in [0.25, 0.3) is 0 Å². The van der Waals surface area contributed by atoms with E-state index in [1.54, 1.807) is 0 Å². The summed E-state index contributed by atoms with van der Waals surface area (Å²) < 4.78 is 0. The Hall–Kier alpha value is -0.870. The topological polar surface area (TPSA) is 30.9 Å². The smallest absolute Gasteiger partial charge is 0.0505 e. The molecule has 0 aromatic rings. The maximum absolute atomic E-state index is 4.45. The standard InChI is InChI=1S/C13H24N4/c1-5-15-17-10-13(7-14-8-13)9-16(11(2)3)6-12(17)4/h5,11,14H,4,6-10H2,1-3H3/b15-5-. The molecule has 0 bridgehead atoms. The first kappa shape index (κ1) is 12.6. The molecule has 2 aliphatic heterocycles. The van der Waals surface area contributed by atoms with Crippen molar-refractivity contribution in [3.63, 3.8) is 0 Å². The fourth-order valence-corrected chi connectivity index (χ4v) is 2.61. The van der Waals surface area contributed by atoms with Crippen molar-refractivity contribution in [1.82, 2.24) is 15.2 Å². The van der Waals surface area contributed by atoms with E-state index in [4.69, 9.17) is 0 Å². The summed E-state index contributed by atoms with van der Waals surface area (Å²) in [5, 5.41) is 9.94. The summed E-state index contributed by atoms with van der Waals surface area (Å²) in [5.41, 5.74) is 1.47. The van der Waals surface area contributed by atoms with Gasteiger partial charge in [-0.25, -0.2) is 0 Å². The predicted molar refractivity (Wildman–Crippen MR) is 72.0 cm³/mol. The van der Waals surface area contributed by atoms with Crippen LogP contribution in [-0.2, 0) is 0 Å². The van der Waals surface area contributed by atoms with Crippen molar-refractivity contribution in [1.29, 1.82) is 0 Å². The van der Waals surface area contributed by atoms with Gasteiger partial charge in [0.2, 0.25) is 0 Å². The van der Waals surface area contributed by atoms with Gasteiger partial charge in [0.1, 0.15) is 0 Å². The largest absolute Gasteiger partial charge is 0.315 e. The zero-order valence-corrected chi connectivity index (χ0v) is 11.2. The minimum Gasteiger partial charge on any atom is -0.315 e. The SMILES string of the molecule is C=C1CN(C(C)C)CC2(CNC2)CN1/N=C\C. The van der Waals surface area contributed by atoms with Crippen molar-refractivity contribution in [3.8, 4) is 0 Å². The molecule has 2 saturated heterocycles. The second kappa shape index (κ2) is 4.78. The summed E-state index contributed by atoms with van der Waals surface area (Å²) in [4.78, 5) is 2.51. The normalized spacial score (nSPS) is 25.6. The third-order valence-electron chi connectivity index (χ3n) is 3.76. The Bertz CT molecular complexity index is 317. The molecule has 0 radical (unpaired) electrons. The second-order valence-corrected chi connectivity index (χ2v) is 5.60. The second-order valence-electron chi connectivity index (χ2n) is 5.60. The van der Waals surface area contributed by atoms with E-state index in [9.17, 15) is 0 Å². The van der Waals surface area contributed by atoms with Crippen LogP contribution in [0.4, 0.5) is 0 Å². The molecular weight excluding hydrogens is 212 g/mol. The number of hydrazone groups is 1. The van der Waals surface area contributed by atoms with Crippen LogP contribution < -0.4 is 5.32 Å². The first-order valence-electron chi connectivity index (χ1n) is 6.45. The highest BCUT2D eigenvalue weighted by Gasteiger charge is 2.43. The molecule has 2 fully saturated rings. The molecule has 0 atom stereocenters. The Kier molecular flexibility index (Phi) is 3.54. The first-order valence-corrected chi connectivity index (χ1v) is 6.45. The van der Waals surface area contributed by atoms with Crippen molar-refractivity contribution in [2.24, 2.45) is 10.5 Å². The maximum atomic E-state index is 4.45. The van der Waals surface area contributed by atoms with Crippen LogP contribution in [0, 0.1) is 5.41 Å². The number of hydrogen-bond acceptors (Lipinski definition) is 4. The zero-order valence-electron chi connectivity index (χ0n) is 11.2. The molecule has 2 heterocycles. The molecule has 1 N–H and O–H groups in total. The van der Waals surface area contributed by atoms with Crippen molar-refractivity contribution < 1.29 is 0 Å². The molecule has 0 aromatic carbocycles. The van der Waals surface area contributed by atoms with E-state index < -0.39 is 0 Å². The lowest BCUT2D eigenvalue weighted by atomic mass is 9.81. The molecule has 0 amide bonds. The Morgan fingerprint density at radius 2 is 2.12 bits per heavy atom. The average Bonchev–Trinajstić information content (AvgIpc) is 2.37. The number of rotatable bonds is 2. The molecule has 17 heavy (non-hydrogen) atoms. The van der Waals surface area contributed by atoms with Gasteiger partial charge in [0.25, 0.3) is 0 Å². The van der Waals surface area contributed by atoms with Gasteiger partial charge in [0.05, 0.1) is 6.54 Å². The van der Waals surface area contributed by atoms with E-state index in [1.165, 1.54) is 0 Å². The number of nitrogens with zero attached hydrogens (tertiary/aromatic N) is 3. The van der Waals surface area contributed by atoms with Gasteiger partial charge < -0.3 is 5.32 Å². The quantitative estimate of drug-likeness (QED) is 0.729. The Morgan fingerprint density at radius 1 is 1.41 bits per heavy atom. The molecular formula is C13H24N4. The van der Waals surface area contributed by atoms with E-state index >= 15 is 0 Å². The van der Waals surface area contributed by atoms with Gasteiger partial charge in [-0.05, 0) is 20.8 Å². The van der Waals surface area contributed by atoms with E-state index in [0.29, 0.717) is 11.5 Å². The summed E-state index contributed by atoms with van der Waals surface area (Å²) in [6, 6.07) is 0.565. The maximum Gasteiger partial charge on any atom is 0.0505 e. The first-order chi connectivity index (χ1) is 8.06. The van der Waals surface area contributed by atoms with E-state index in [0.717, 1.165) is 38.4 Å². The van der Waals surface area contributed by atoms with Crippen LogP contribution in [-0.4, -0.2) is 54.9 Å². The van der Waals surface area contributed by atoms with E-state index in [1.807, 2.05) is 13.1 Å². The minimum absolute atomic E-state index is 0.357. The summed E-state index contributed by atoms with van der Waals surface area (Å²) in [6.07, 6.45) is 1.86. The highest BCUT2D eigenvalue weighted by atomic mass is 15.5. The molecule has 96 valence electrons. The fraction of sp³-hybridized carbons (Fsp3) is 0.769. The molecule has 0 aliphatic carbocycles. The molecule has 0 unspecified atom stereocenters. The number of hydrogen-bond donors (Lipinski definition) is 1. The molecule has 2 rings (SSSR count). The highest BCUT2D eigenvalue weighted by molar-refractivity contribution is 5.53. The summed E-state index contributed by atoms with van der Waals surface area (Å²) in [6.45, 7) is 15.9. The molecule has 1 spiro atoms. The van der Waals surface area contributed by atoms with Gasteiger partial charge in [0.15, 0.2) is 0 Å². The third kappa shape index (κ3) is 2.53. The Morgan fingerprint density at radius 3 is 2.59 bits per heavy atom. The van der Waals surface area contributed by atoms with Crippen molar-refractivity contribution in [3.05, 3.63) is 12.3 Å². The third-order valence-corrected chi connectivity index (χ3v) is 3.76. The van der Waals surface area contributed by atoms with Crippen LogP contribution in [0.3, 0.4) is 0 Å². The van der Waals surface area contributed by atoms with Gasteiger partial charge in [-0.3, -0.25) is 9.91 Å². The van der Waals surface area contributed by atoms with Crippen molar-refractivity contribution >= 4 is 6.21 Å². The minimum atomic E-state index is 0.357. The molecule has 4 nitrogen and oxygen atoms in total. The van der Waals surface area contributed by atoms with Gasteiger partial charge in [0, 0.05) is 49.5 Å². The van der Waals surface area contributed by atoms with Crippen LogP contribution in [0.1, 0.15) is 20.8 Å². The fourth-order valence-electron chi connectivity index (χ4n) is 2.61. The summed E-state index contributed by atoms with van der Waals surface area (Å²) >= 11 is 0. The van der Waals surface area contributed by atoms with Gasteiger partial charge >= 0.3 is 0 Å². The van der Waals surface area contributed by atoms with Crippen LogP contribution in [0.5, 0.6) is 0 Å². The average molecular weight is 236 g/mol. The Labute approximate surface area is 104 Å². The van der Waals surface area contributed by atoms with Crippen molar-refractivity contribution in [2.75, 3.05) is 32.7 Å². The zero-order chi connectivity index (χ0) is 12.5. The molecule has 0 saturated carbocycles. The lowest BCUT2D eigenvalue weighted by Crippen LogP contribution is -2.61. The lowest BCUT2D eigenvalue weighted by molar-refractivity contribution is 0.0768. The van der Waals surface area contributed by atoms with Crippen LogP contribution in [0.15, 0.2) is 17.4 Å². The van der Waals surface area contributed by atoms with Crippen molar-refractivity contribution in [2.45, 2.75) is 26.8 Å². The lowest BCUT2D eigenvalue weighted by Gasteiger charge is -2.45. The molecule has 0 aromatic heterocycles. The van der Waals surface area contributed by atoms with E-state index in [-0.39, 0.29) is 0 Å². The molecule has 4 heteroatoms. The monoisotopic (exact) mass is 236 g/mol. The van der Waals surface area contributed by atoms with Gasteiger partial charge in [-0.2, -0.15) is 5.10 Å². The van der Waals surface area contributed by atoms with Gasteiger partial charge in [-0.1, -0.05) is 6.58 Å². The number of nitrogens with one attached hydrogen (secondary N) is 1. The Balaban J connectivity index is 2.18. The van der Waals surface area contributed by atoms with Gasteiger partial charge in [-0.15, -0.1) is 0 Å². The molecule has 2 aliphatic rings. The summed E-state index contributed by atoms with van der Waals surface area (Å²) in [7, 11) is 0. The predicted octanol–water partition coefficient (Wildman–Crippen LogP) is 1.12. The van der Waals surface area contributed by atoms with E-state index in [2.05, 4.69) is 40.8 Å². The summed E-state index contributed by atoms with van der Waals surface area (Å²) in [5.74, 6) is 0. The van der Waals surface area contributed by atoms with Crippen LogP contribution in [0.2, 0.25) is 0 Å². The van der Waals surface area contributed by atoms with Crippen LogP contribution >= 0.6 is 0 Å².